The molecule has 0 aliphatic carbocycles. The van der Waals surface area contributed by atoms with Gasteiger partial charge in [-0.05, 0) is 56.9 Å². The van der Waals surface area contributed by atoms with Crippen LogP contribution in [0.5, 0.6) is 5.75 Å². The van der Waals surface area contributed by atoms with Crippen molar-refractivity contribution in [1.82, 2.24) is 19.8 Å². The van der Waals surface area contributed by atoms with Crippen molar-refractivity contribution in [2.45, 2.75) is 38.6 Å². The molecule has 0 radical (unpaired) electrons. The molecule has 1 aromatic carbocycles. The van der Waals surface area contributed by atoms with E-state index >= 15 is 0 Å². The Morgan fingerprint density at radius 3 is 2.47 bits per heavy atom. The molecule has 8 heteroatoms. The van der Waals surface area contributed by atoms with Gasteiger partial charge < -0.3 is 19.3 Å². The van der Waals surface area contributed by atoms with Crippen molar-refractivity contribution >= 4 is 11.8 Å². The van der Waals surface area contributed by atoms with Gasteiger partial charge in [-0.1, -0.05) is 0 Å². The summed E-state index contributed by atoms with van der Waals surface area (Å²) in [5, 5.41) is 0. The summed E-state index contributed by atoms with van der Waals surface area (Å²) in [6, 6.07) is 6.98. The normalized spacial score (nSPS) is 18.2. The number of likely N-dealkylation sites (tertiary alicyclic amines) is 2. The van der Waals surface area contributed by atoms with Crippen molar-refractivity contribution in [3.05, 3.63) is 53.1 Å². The monoisotopic (exact) mass is 438 g/mol. The number of carbonyl (C=O) groups excluding carboxylic acids is 2. The molecule has 32 heavy (non-hydrogen) atoms. The summed E-state index contributed by atoms with van der Waals surface area (Å²) in [5.74, 6) is 1.26. The first kappa shape index (κ1) is 22.2. The van der Waals surface area contributed by atoms with Crippen LogP contribution in [0.4, 0.5) is 0 Å². The molecule has 2 saturated heterocycles. The van der Waals surface area contributed by atoms with Gasteiger partial charge in [-0.25, -0.2) is 9.97 Å². The maximum atomic E-state index is 13.2. The lowest BCUT2D eigenvalue weighted by Gasteiger charge is -2.24. The highest BCUT2D eigenvalue weighted by Crippen LogP contribution is 2.32. The average molecular weight is 439 g/mol. The molecule has 0 N–H and O–H groups in total. The van der Waals surface area contributed by atoms with Gasteiger partial charge in [-0.2, -0.15) is 0 Å². The third-order valence-corrected chi connectivity index (χ3v) is 6.09. The van der Waals surface area contributed by atoms with Crippen LogP contribution in [0, 0.1) is 6.92 Å². The lowest BCUT2D eigenvalue weighted by atomic mass is 10.1. The molecule has 1 atom stereocenters. The summed E-state index contributed by atoms with van der Waals surface area (Å²) in [6.45, 7) is 5.07. The molecule has 1 aromatic heterocycles. The van der Waals surface area contributed by atoms with Crippen molar-refractivity contribution in [2.24, 2.45) is 0 Å². The van der Waals surface area contributed by atoms with Gasteiger partial charge in [0.2, 0.25) is 0 Å². The van der Waals surface area contributed by atoms with E-state index in [1.54, 1.807) is 37.6 Å². The zero-order valence-electron chi connectivity index (χ0n) is 18.7. The molecule has 4 rings (SSSR count). The molecule has 2 fully saturated rings. The van der Waals surface area contributed by atoms with Gasteiger partial charge >= 0.3 is 0 Å². The predicted octanol–water partition coefficient (Wildman–Crippen LogP) is 3.02. The van der Waals surface area contributed by atoms with E-state index in [2.05, 4.69) is 9.97 Å². The van der Waals surface area contributed by atoms with Crippen LogP contribution in [0.3, 0.4) is 0 Å². The van der Waals surface area contributed by atoms with E-state index in [-0.39, 0.29) is 17.9 Å². The Bertz CT molecular complexity index is 957. The van der Waals surface area contributed by atoms with E-state index in [1.807, 2.05) is 16.7 Å². The van der Waals surface area contributed by atoms with Gasteiger partial charge in [-0.15, -0.1) is 0 Å². The highest BCUT2D eigenvalue weighted by Gasteiger charge is 2.33. The van der Waals surface area contributed by atoms with Gasteiger partial charge in [0.1, 0.15) is 12.4 Å². The molecule has 0 spiro atoms. The van der Waals surface area contributed by atoms with E-state index in [9.17, 15) is 9.59 Å². The van der Waals surface area contributed by atoms with Crippen LogP contribution in [-0.2, 0) is 4.74 Å². The second-order valence-corrected chi connectivity index (χ2v) is 8.25. The van der Waals surface area contributed by atoms with Gasteiger partial charge in [0.05, 0.1) is 23.9 Å². The number of aryl methyl sites for hydroxylation is 1. The molecule has 2 aliphatic rings. The number of aromatic nitrogens is 2. The molecular weight excluding hydrogens is 408 g/mol. The molecule has 0 bridgehead atoms. The second kappa shape index (κ2) is 10.1. The van der Waals surface area contributed by atoms with E-state index in [1.165, 1.54) is 0 Å². The quantitative estimate of drug-likeness (QED) is 0.618. The van der Waals surface area contributed by atoms with Crippen molar-refractivity contribution < 1.29 is 19.1 Å². The van der Waals surface area contributed by atoms with Crippen molar-refractivity contribution in [2.75, 3.05) is 40.0 Å². The maximum Gasteiger partial charge on any atom is 0.257 e. The van der Waals surface area contributed by atoms with Crippen LogP contribution in [-0.4, -0.2) is 71.5 Å². The molecule has 1 unspecified atom stereocenters. The van der Waals surface area contributed by atoms with Crippen LogP contribution >= 0.6 is 0 Å². The molecule has 3 heterocycles. The Hall–Kier alpha value is -3.00. The van der Waals surface area contributed by atoms with E-state index in [0.29, 0.717) is 48.2 Å². The fourth-order valence-corrected chi connectivity index (χ4v) is 4.33. The minimum Gasteiger partial charge on any atom is -0.491 e. The number of ether oxygens (including phenoxy) is 2. The summed E-state index contributed by atoms with van der Waals surface area (Å²) < 4.78 is 10.6. The predicted molar refractivity (Wildman–Crippen MR) is 119 cm³/mol. The van der Waals surface area contributed by atoms with Crippen LogP contribution < -0.4 is 4.74 Å². The molecule has 2 aliphatic heterocycles. The Morgan fingerprint density at radius 1 is 1.03 bits per heavy atom. The number of amides is 2. The third kappa shape index (κ3) is 4.75. The standard InChI is InChI=1S/C24H30N4O4/c1-17-20(24(30)27-11-3-4-12-27)16-25-22(26-17)21-6-5-13-28(21)23(29)18-7-9-19(10-8-18)32-15-14-31-2/h7-10,16,21H,3-6,11-15H2,1-2H3. The average Bonchev–Trinajstić information content (AvgIpc) is 3.51. The fourth-order valence-electron chi connectivity index (χ4n) is 4.33. The third-order valence-electron chi connectivity index (χ3n) is 6.09. The van der Waals surface area contributed by atoms with Gasteiger partial charge in [0.15, 0.2) is 5.82 Å². The minimum atomic E-state index is -0.185. The molecule has 2 amide bonds. The molecule has 170 valence electrons. The number of rotatable bonds is 7. The fraction of sp³-hybridized carbons (Fsp3) is 0.500. The van der Waals surface area contributed by atoms with Crippen LogP contribution in [0.25, 0.3) is 0 Å². The first-order chi connectivity index (χ1) is 15.6. The first-order valence-corrected chi connectivity index (χ1v) is 11.2. The Morgan fingerprint density at radius 2 is 1.78 bits per heavy atom. The number of nitrogens with zero attached hydrogens (tertiary/aromatic N) is 4. The molecule has 0 saturated carbocycles. The summed E-state index contributed by atoms with van der Waals surface area (Å²) in [6.07, 6.45) is 5.42. The lowest BCUT2D eigenvalue weighted by Crippen LogP contribution is -2.32. The summed E-state index contributed by atoms with van der Waals surface area (Å²) >= 11 is 0. The zero-order chi connectivity index (χ0) is 22.5. The highest BCUT2D eigenvalue weighted by molar-refractivity contribution is 5.95. The van der Waals surface area contributed by atoms with Crippen LogP contribution in [0.2, 0.25) is 0 Å². The molecular formula is C24H30N4O4. The lowest BCUT2D eigenvalue weighted by molar-refractivity contribution is 0.0727. The van der Waals surface area contributed by atoms with Crippen LogP contribution in [0.15, 0.2) is 30.5 Å². The number of carbonyl (C=O) groups is 2. The van der Waals surface area contributed by atoms with Gasteiger partial charge in [0, 0.05) is 38.5 Å². The maximum absolute atomic E-state index is 13.2. The van der Waals surface area contributed by atoms with E-state index < -0.39 is 0 Å². The summed E-state index contributed by atoms with van der Waals surface area (Å²) in [4.78, 5) is 38.8. The topological polar surface area (TPSA) is 84.9 Å². The summed E-state index contributed by atoms with van der Waals surface area (Å²) in [7, 11) is 1.63. The van der Waals surface area contributed by atoms with Crippen LogP contribution in [0.1, 0.15) is 64.0 Å². The largest absolute Gasteiger partial charge is 0.491 e. The second-order valence-electron chi connectivity index (χ2n) is 8.25. The Balaban J connectivity index is 1.46. The first-order valence-electron chi connectivity index (χ1n) is 11.2. The van der Waals surface area contributed by atoms with Crippen molar-refractivity contribution in [1.29, 1.82) is 0 Å². The van der Waals surface area contributed by atoms with Crippen molar-refractivity contribution in [3.8, 4) is 5.75 Å². The number of benzene rings is 1. The van der Waals surface area contributed by atoms with Gasteiger partial charge in [-0.3, -0.25) is 9.59 Å². The minimum absolute atomic E-state index is 0.00119. The number of methoxy groups -OCH3 is 1. The van der Waals surface area contributed by atoms with Crippen molar-refractivity contribution in [3.63, 3.8) is 0 Å². The number of hydrogen-bond donors (Lipinski definition) is 0. The zero-order valence-corrected chi connectivity index (χ0v) is 18.7. The SMILES string of the molecule is COCCOc1ccc(C(=O)N2CCCC2c2ncc(C(=O)N3CCCC3)c(C)n2)cc1. The van der Waals surface area contributed by atoms with E-state index in [4.69, 9.17) is 9.47 Å². The van der Waals surface area contributed by atoms with Gasteiger partial charge in [0.25, 0.3) is 11.8 Å². The smallest absolute Gasteiger partial charge is 0.257 e. The van der Waals surface area contributed by atoms with E-state index in [0.717, 1.165) is 38.8 Å². The molecule has 8 nitrogen and oxygen atoms in total. The summed E-state index contributed by atoms with van der Waals surface area (Å²) in [5.41, 5.74) is 1.83. The number of hydrogen-bond acceptors (Lipinski definition) is 6. The highest BCUT2D eigenvalue weighted by atomic mass is 16.5. The Labute approximate surface area is 188 Å². The Kier molecular flexibility index (Phi) is 6.99. The molecule has 2 aromatic rings.